The van der Waals surface area contributed by atoms with Crippen LogP contribution < -0.4 is 0 Å². The summed E-state index contributed by atoms with van der Waals surface area (Å²) >= 11 is 0. The molecular weight excluding hydrogens is 126 g/mol. The summed E-state index contributed by atoms with van der Waals surface area (Å²) in [6.45, 7) is 2.37. The lowest BCUT2D eigenvalue weighted by Crippen LogP contribution is -2.39. The molecule has 4 rings (SSSR count). The lowest BCUT2D eigenvalue weighted by atomic mass is 9.80. The van der Waals surface area contributed by atoms with Gasteiger partial charge in [0.25, 0.3) is 0 Å². The summed E-state index contributed by atoms with van der Waals surface area (Å²) < 4.78 is 0. The number of aliphatic hydroxyl groups is 1. The van der Waals surface area contributed by atoms with Crippen LogP contribution in [-0.2, 0) is 0 Å². The molecule has 1 N–H and O–H groups in total. The van der Waals surface area contributed by atoms with Crippen LogP contribution in [0.15, 0.2) is 0 Å². The number of rotatable bonds is 0. The lowest BCUT2D eigenvalue weighted by molar-refractivity contribution is 0.0273. The van der Waals surface area contributed by atoms with Crippen molar-refractivity contribution in [2.24, 2.45) is 11.8 Å². The van der Waals surface area contributed by atoms with E-state index in [-0.39, 0.29) is 6.10 Å². The molecule has 0 radical (unpaired) electrons. The Bertz CT molecular complexity index is 141. The molecule has 3 aliphatic heterocycles. The highest BCUT2D eigenvalue weighted by Crippen LogP contribution is 2.45. The van der Waals surface area contributed by atoms with Gasteiger partial charge >= 0.3 is 0 Å². The van der Waals surface area contributed by atoms with Crippen molar-refractivity contribution < 1.29 is 5.11 Å². The molecule has 1 saturated carbocycles. The van der Waals surface area contributed by atoms with E-state index in [2.05, 4.69) is 4.90 Å². The number of hydrogen-bond acceptors (Lipinski definition) is 2. The molecule has 0 aromatic heterocycles. The predicted octanol–water partition coefficient (Wildman–Crippen LogP) is 0.0713. The molecule has 4 aliphatic rings. The standard InChI is InChI=1S/C8H13NO/c10-8-5-1-7-2-6(8)4-9(7)3-5/h5-8,10H,1-4H2. The molecule has 3 saturated heterocycles. The summed E-state index contributed by atoms with van der Waals surface area (Å²) in [7, 11) is 0. The minimum absolute atomic E-state index is 0.0509. The molecule has 0 aromatic rings. The second-order valence-electron chi connectivity index (χ2n) is 4.09. The monoisotopic (exact) mass is 139 g/mol. The van der Waals surface area contributed by atoms with Crippen molar-refractivity contribution in [3.63, 3.8) is 0 Å². The largest absolute Gasteiger partial charge is 0.392 e. The second-order valence-corrected chi connectivity index (χ2v) is 4.09. The molecule has 0 aromatic carbocycles. The smallest absolute Gasteiger partial charge is 0.0622 e. The summed E-state index contributed by atoms with van der Waals surface area (Å²) in [4.78, 5) is 2.56. The first kappa shape index (κ1) is 5.56. The van der Waals surface area contributed by atoms with Crippen LogP contribution in [0.25, 0.3) is 0 Å². The molecule has 0 amide bonds. The van der Waals surface area contributed by atoms with Gasteiger partial charge in [0.15, 0.2) is 0 Å². The zero-order valence-corrected chi connectivity index (χ0v) is 6.03. The van der Waals surface area contributed by atoms with E-state index in [1.54, 1.807) is 0 Å². The molecule has 10 heavy (non-hydrogen) atoms. The van der Waals surface area contributed by atoms with E-state index in [0.29, 0.717) is 11.8 Å². The Labute approximate surface area is 60.8 Å². The van der Waals surface area contributed by atoms with E-state index >= 15 is 0 Å². The highest BCUT2D eigenvalue weighted by Gasteiger charge is 2.51. The topological polar surface area (TPSA) is 23.5 Å². The van der Waals surface area contributed by atoms with Crippen LogP contribution in [0, 0.1) is 11.8 Å². The van der Waals surface area contributed by atoms with Gasteiger partial charge in [-0.2, -0.15) is 0 Å². The van der Waals surface area contributed by atoms with Gasteiger partial charge in [-0.05, 0) is 24.7 Å². The first-order chi connectivity index (χ1) is 4.84. The van der Waals surface area contributed by atoms with Crippen LogP contribution in [-0.4, -0.2) is 35.2 Å². The van der Waals surface area contributed by atoms with Crippen LogP contribution in [0.5, 0.6) is 0 Å². The van der Waals surface area contributed by atoms with Gasteiger partial charge in [0.2, 0.25) is 0 Å². The maximum atomic E-state index is 9.68. The third-order valence-corrected chi connectivity index (χ3v) is 3.57. The van der Waals surface area contributed by atoms with Crippen LogP contribution >= 0.6 is 0 Å². The zero-order valence-electron chi connectivity index (χ0n) is 6.03. The fourth-order valence-corrected chi connectivity index (χ4v) is 3.10. The maximum Gasteiger partial charge on any atom is 0.0622 e. The van der Waals surface area contributed by atoms with E-state index in [4.69, 9.17) is 0 Å². The Morgan fingerprint density at radius 2 is 1.70 bits per heavy atom. The van der Waals surface area contributed by atoms with Gasteiger partial charge in [0, 0.05) is 19.1 Å². The molecule has 56 valence electrons. The highest BCUT2D eigenvalue weighted by molar-refractivity contribution is 5.04. The fourth-order valence-electron chi connectivity index (χ4n) is 3.10. The molecule has 4 bridgehead atoms. The number of hydrogen-bond donors (Lipinski definition) is 1. The summed E-state index contributed by atoms with van der Waals surface area (Å²) in [5.74, 6) is 1.27. The number of piperidine rings is 1. The van der Waals surface area contributed by atoms with Crippen molar-refractivity contribution in [1.29, 1.82) is 0 Å². The molecule has 2 heteroatoms. The van der Waals surface area contributed by atoms with Gasteiger partial charge in [-0.1, -0.05) is 0 Å². The van der Waals surface area contributed by atoms with Crippen LogP contribution in [0.3, 0.4) is 0 Å². The minimum Gasteiger partial charge on any atom is -0.392 e. The average Bonchev–Trinajstić information content (AvgIpc) is 2.33. The quantitative estimate of drug-likeness (QED) is 0.513. The summed E-state index contributed by atoms with van der Waals surface area (Å²) in [6, 6.07) is 0.860. The van der Waals surface area contributed by atoms with Crippen molar-refractivity contribution in [1.82, 2.24) is 4.90 Å². The van der Waals surface area contributed by atoms with Crippen LogP contribution in [0.1, 0.15) is 12.8 Å². The fraction of sp³-hybridized carbons (Fsp3) is 1.00. The van der Waals surface area contributed by atoms with Crippen molar-refractivity contribution in [2.75, 3.05) is 13.1 Å². The number of nitrogens with zero attached hydrogens (tertiary/aromatic N) is 1. The summed E-state index contributed by atoms with van der Waals surface area (Å²) in [6.07, 6.45) is 2.60. The maximum absolute atomic E-state index is 9.68. The SMILES string of the molecule is OC1C2CC3CC1CN3C2. The molecule has 2 nitrogen and oxygen atoms in total. The van der Waals surface area contributed by atoms with Gasteiger partial charge in [-0.15, -0.1) is 0 Å². The first-order valence-corrected chi connectivity index (χ1v) is 4.27. The average molecular weight is 139 g/mol. The van der Waals surface area contributed by atoms with Gasteiger partial charge in [-0.3, -0.25) is 4.90 Å². The zero-order chi connectivity index (χ0) is 6.72. The van der Waals surface area contributed by atoms with Crippen molar-refractivity contribution in [2.45, 2.75) is 25.0 Å². The highest BCUT2D eigenvalue weighted by atomic mass is 16.3. The van der Waals surface area contributed by atoms with E-state index in [1.165, 1.54) is 25.9 Å². The van der Waals surface area contributed by atoms with Crippen LogP contribution in [0.4, 0.5) is 0 Å². The van der Waals surface area contributed by atoms with Gasteiger partial charge < -0.3 is 5.11 Å². The third-order valence-electron chi connectivity index (χ3n) is 3.57. The molecule has 2 unspecified atom stereocenters. The lowest BCUT2D eigenvalue weighted by Gasteiger charge is -2.30. The van der Waals surface area contributed by atoms with E-state index in [0.717, 1.165) is 6.04 Å². The Kier molecular flexibility index (Phi) is 0.868. The Morgan fingerprint density at radius 1 is 1.10 bits per heavy atom. The molecule has 4 fully saturated rings. The Balaban J connectivity index is 1.98. The van der Waals surface area contributed by atoms with Crippen molar-refractivity contribution in [3.8, 4) is 0 Å². The first-order valence-electron chi connectivity index (χ1n) is 4.27. The molecular formula is C8H13NO. The van der Waals surface area contributed by atoms with Gasteiger partial charge in [0.1, 0.15) is 0 Å². The molecule has 2 atom stereocenters. The third kappa shape index (κ3) is 0.487. The predicted molar refractivity (Wildman–Crippen MR) is 37.6 cm³/mol. The van der Waals surface area contributed by atoms with E-state index < -0.39 is 0 Å². The summed E-state index contributed by atoms with van der Waals surface area (Å²) in [5, 5.41) is 9.68. The molecule has 3 heterocycles. The van der Waals surface area contributed by atoms with E-state index in [1.807, 2.05) is 0 Å². The van der Waals surface area contributed by atoms with Crippen LogP contribution in [0.2, 0.25) is 0 Å². The number of aliphatic hydroxyl groups excluding tert-OH is 1. The Morgan fingerprint density at radius 3 is 2.20 bits per heavy atom. The van der Waals surface area contributed by atoms with Crippen molar-refractivity contribution in [3.05, 3.63) is 0 Å². The normalized spacial score (nSPS) is 63.9. The van der Waals surface area contributed by atoms with Gasteiger partial charge in [0.05, 0.1) is 6.10 Å². The van der Waals surface area contributed by atoms with Crippen molar-refractivity contribution >= 4 is 0 Å². The van der Waals surface area contributed by atoms with E-state index in [9.17, 15) is 5.11 Å². The van der Waals surface area contributed by atoms with Gasteiger partial charge in [-0.25, -0.2) is 0 Å². The molecule has 1 aliphatic carbocycles. The molecule has 0 spiro atoms. The summed E-state index contributed by atoms with van der Waals surface area (Å²) in [5.41, 5.74) is 0. The second kappa shape index (κ2) is 1.56. The Hall–Kier alpha value is -0.0800. The minimum atomic E-state index is 0.0509.